The normalized spacial score (nSPS) is 11.6. The van der Waals surface area contributed by atoms with Crippen molar-refractivity contribution in [1.82, 2.24) is 0 Å². The summed E-state index contributed by atoms with van der Waals surface area (Å²) in [5.74, 6) is 0.136. The van der Waals surface area contributed by atoms with Crippen molar-refractivity contribution in [2.45, 2.75) is 46.6 Å². The molecule has 0 aliphatic heterocycles. The Morgan fingerprint density at radius 1 is 1.18 bits per heavy atom. The molecule has 0 bridgehead atoms. The molecule has 17 heavy (non-hydrogen) atoms. The Bertz CT molecular complexity index is 380. The summed E-state index contributed by atoms with van der Waals surface area (Å²) in [6.45, 7) is 10.1. The molecule has 0 saturated heterocycles. The van der Waals surface area contributed by atoms with Crippen molar-refractivity contribution in [3.63, 3.8) is 0 Å². The van der Waals surface area contributed by atoms with Crippen LogP contribution in [-0.4, -0.2) is 18.0 Å². The maximum absolute atomic E-state index is 11.8. The van der Waals surface area contributed by atoms with Gasteiger partial charge in [-0.1, -0.05) is 18.2 Å². The van der Waals surface area contributed by atoms with Crippen LogP contribution in [0.2, 0.25) is 0 Å². The number of ether oxygens (including phenoxy) is 1. The topological polar surface area (TPSA) is 26.3 Å². The fourth-order valence-electron chi connectivity index (χ4n) is 1.67. The smallest absolute Gasteiger partial charge is 0.162 e. The fraction of sp³-hybridized carbons (Fsp3) is 0.533. The molecule has 0 amide bonds. The van der Waals surface area contributed by atoms with E-state index in [4.69, 9.17) is 4.74 Å². The first-order chi connectivity index (χ1) is 7.79. The lowest BCUT2D eigenvalue weighted by Crippen LogP contribution is -2.24. The zero-order chi connectivity index (χ0) is 13.1. The molecule has 2 nitrogen and oxygen atoms in total. The number of ketones is 1. The lowest BCUT2D eigenvalue weighted by Gasteiger charge is -2.19. The molecule has 0 aromatic heterocycles. The van der Waals surface area contributed by atoms with E-state index in [1.807, 2.05) is 52.8 Å². The molecule has 0 saturated carbocycles. The summed E-state index contributed by atoms with van der Waals surface area (Å²) >= 11 is 0. The zero-order valence-corrected chi connectivity index (χ0v) is 11.5. The van der Waals surface area contributed by atoms with E-state index in [1.54, 1.807) is 0 Å². The summed E-state index contributed by atoms with van der Waals surface area (Å²) in [5, 5.41) is 0. The van der Waals surface area contributed by atoms with Crippen molar-refractivity contribution >= 4 is 5.78 Å². The van der Waals surface area contributed by atoms with Gasteiger partial charge in [0.05, 0.1) is 5.60 Å². The molecule has 0 spiro atoms. The Kier molecular flexibility index (Phi) is 4.47. The highest BCUT2D eigenvalue weighted by molar-refractivity contribution is 5.82. The number of benzene rings is 1. The van der Waals surface area contributed by atoms with Gasteiger partial charge in [0.15, 0.2) is 5.78 Å². The van der Waals surface area contributed by atoms with Gasteiger partial charge in [0.2, 0.25) is 0 Å². The van der Waals surface area contributed by atoms with Crippen molar-refractivity contribution in [2.24, 2.45) is 0 Å². The summed E-state index contributed by atoms with van der Waals surface area (Å²) in [6.07, 6.45) is 0.467. The molecule has 2 heteroatoms. The molecule has 0 N–H and O–H groups in total. The van der Waals surface area contributed by atoms with Crippen LogP contribution in [-0.2, 0) is 16.0 Å². The second kappa shape index (κ2) is 5.46. The first kappa shape index (κ1) is 13.9. The number of aryl methyl sites for hydroxylation is 2. The summed E-state index contributed by atoms with van der Waals surface area (Å²) in [7, 11) is 0. The zero-order valence-electron chi connectivity index (χ0n) is 11.5. The minimum Gasteiger partial charge on any atom is -0.368 e. The third-order valence-electron chi connectivity index (χ3n) is 2.68. The molecular weight excluding hydrogens is 212 g/mol. The van der Waals surface area contributed by atoms with Gasteiger partial charge in [0, 0.05) is 6.42 Å². The summed E-state index contributed by atoms with van der Waals surface area (Å²) < 4.78 is 5.49. The van der Waals surface area contributed by atoms with Crippen molar-refractivity contribution in [3.8, 4) is 0 Å². The molecule has 0 atom stereocenters. The maximum atomic E-state index is 11.8. The van der Waals surface area contributed by atoms with Crippen LogP contribution in [0.1, 0.15) is 37.5 Å². The average molecular weight is 234 g/mol. The summed E-state index contributed by atoms with van der Waals surface area (Å²) in [5.41, 5.74) is 3.23. The van der Waals surface area contributed by atoms with E-state index in [0.29, 0.717) is 6.42 Å². The standard InChI is InChI=1S/C15H22O2/c1-11-7-6-8-12(2)14(11)9-13(16)10-17-15(3,4)5/h6-8H,9-10H2,1-5H3. The number of hydrogen-bond acceptors (Lipinski definition) is 2. The van der Waals surface area contributed by atoms with Gasteiger partial charge in [-0.15, -0.1) is 0 Å². The lowest BCUT2D eigenvalue weighted by atomic mass is 9.98. The Hall–Kier alpha value is -1.15. The number of rotatable bonds is 4. The van der Waals surface area contributed by atoms with Gasteiger partial charge >= 0.3 is 0 Å². The van der Waals surface area contributed by atoms with Crippen molar-refractivity contribution < 1.29 is 9.53 Å². The largest absolute Gasteiger partial charge is 0.368 e. The van der Waals surface area contributed by atoms with Crippen molar-refractivity contribution in [1.29, 1.82) is 0 Å². The Morgan fingerprint density at radius 2 is 1.71 bits per heavy atom. The van der Waals surface area contributed by atoms with Gasteiger partial charge in [-0.3, -0.25) is 4.79 Å². The SMILES string of the molecule is Cc1cccc(C)c1CC(=O)COC(C)(C)C. The van der Waals surface area contributed by atoms with Gasteiger partial charge in [-0.05, 0) is 51.3 Å². The van der Waals surface area contributed by atoms with Crippen molar-refractivity contribution in [2.75, 3.05) is 6.61 Å². The van der Waals surface area contributed by atoms with E-state index in [1.165, 1.54) is 11.1 Å². The molecular formula is C15H22O2. The predicted octanol–water partition coefficient (Wildman–Crippen LogP) is 3.23. The maximum Gasteiger partial charge on any atom is 0.162 e. The minimum atomic E-state index is -0.254. The number of carbonyl (C=O) groups excluding carboxylic acids is 1. The number of carbonyl (C=O) groups is 1. The highest BCUT2D eigenvalue weighted by Gasteiger charge is 2.14. The van der Waals surface area contributed by atoms with Gasteiger partial charge in [-0.25, -0.2) is 0 Å². The van der Waals surface area contributed by atoms with Crippen LogP contribution in [0.5, 0.6) is 0 Å². The van der Waals surface area contributed by atoms with Crippen LogP contribution in [0.25, 0.3) is 0 Å². The summed E-state index contributed by atoms with van der Waals surface area (Å²) in [6, 6.07) is 6.10. The van der Waals surface area contributed by atoms with Crippen LogP contribution in [0.15, 0.2) is 18.2 Å². The third kappa shape index (κ3) is 4.70. The van der Waals surface area contributed by atoms with Gasteiger partial charge < -0.3 is 4.74 Å². The predicted molar refractivity (Wildman–Crippen MR) is 70.3 cm³/mol. The van der Waals surface area contributed by atoms with Crippen LogP contribution in [0.3, 0.4) is 0 Å². The number of Topliss-reactive ketones (excluding diaryl/α,β-unsaturated/α-hetero) is 1. The fourth-order valence-corrected chi connectivity index (χ4v) is 1.67. The molecule has 0 aliphatic rings. The van der Waals surface area contributed by atoms with Gasteiger partial charge in [0.1, 0.15) is 6.61 Å². The van der Waals surface area contributed by atoms with E-state index in [-0.39, 0.29) is 18.0 Å². The first-order valence-corrected chi connectivity index (χ1v) is 6.00. The molecule has 1 aromatic rings. The molecule has 0 unspecified atom stereocenters. The van der Waals surface area contributed by atoms with Crippen molar-refractivity contribution in [3.05, 3.63) is 34.9 Å². The molecule has 1 rings (SSSR count). The van der Waals surface area contributed by atoms with E-state index in [9.17, 15) is 4.79 Å². The van der Waals surface area contributed by atoms with Crippen LogP contribution >= 0.6 is 0 Å². The minimum absolute atomic E-state index is 0.136. The van der Waals surface area contributed by atoms with Crippen LogP contribution in [0, 0.1) is 13.8 Å². The van der Waals surface area contributed by atoms with E-state index < -0.39 is 0 Å². The first-order valence-electron chi connectivity index (χ1n) is 6.00. The summed E-state index contributed by atoms with van der Waals surface area (Å²) in [4.78, 5) is 11.8. The van der Waals surface area contributed by atoms with Crippen LogP contribution < -0.4 is 0 Å². The lowest BCUT2D eigenvalue weighted by molar-refractivity contribution is -0.127. The third-order valence-corrected chi connectivity index (χ3v) is 2.68. The van der Waals surface area contributed by atoms with E-state index in [0.717, 1.165) is 5.56 Å². The van der Waals surface area contributed by atoms with Crippen LogP contribution in [0.4, 0.5) is 0 Å². The van der Waals surface area contributed by atoms with Gasteiger partial charge in [0.25, 0.3) is 0 Å². The second-order valence-electron chi connectivity index (χ2n) is 5.49. The Morgan fingerprint density at radius 3 is 2.18 bits per heavy atom. The molecule has 94 valence electrons. The Balaban J connectivity index is 2.63. The Labute approximate surface area is 104 Å². The highest BCUT2D eigenvalue weighted by Crippen LogP contribution is 2.15. The molecule has 0 fully saturated rings. The molecule has 0 aliphatic carbocycles. The second-order valence-corrected chi connectivity index (χ2v) is 5.49. The molecule has 0 radical (unpaired) electrons. The molecule has 1 aromatic carbocycles. The van der Waals surface area contributed by atoms with Gasteiger partial charge in [-0.2, -0.15) is 0 Å². The quantitative estimate of drug-likeness (QED) is 0.799. The molecule has 0 heterocycles. The van der Waals surface area contributed by atoms with E-state index >= 15 is 0 Å². The van der Waals surface area contributed by atoms with E-state index in [2.05, 4.69) is 0 Å². The average Bonchev–Trinajstić information content (AvgIpc) is 2.20. The monoisotopic (exact) mass is 234 g/mol. The highest BCUT2D eigenvalue weighted by atomic mass is 16.5. The number of hydrogen-bond donors (Lipinski definition) is 0.